The minimum Gasteiger partial charge on any atom is -0.508 e. The molecule has 1 aliphatic heterocycles. The van der Waals surface area contributed by atoms with Crippen LogP contribution in [0.3, 0.4) is 0 Å². The monoisotopic (exact) mass is 334 g/mol. The molecule has 0 radical (unpaired) electrons. The zero-order valence-corrected chi connectivity index (χ0v) is 14.1. The van der Waals surface area contributed by atoms with Crippen molar-refractivity contribution in [1.29, 1.82) is 0 Å². The van der Waals surface area contributed by atoms with Gasteiger partial charge in [0.1, 0.15) is 5.75 Å². The molecule has 2 heterocycles. The average molecular weight is 334 g/mol. The van der Waals surface area contributed by atoms with Gasteiger partial charge in [-0.15, -0.1) is 5.10 Å². The molecule has 1 saturated heterocycles. The minimum atomic E-state index is 0.336. The standard InChI is InChI=1S/C20H22N4O/c25-20-8-6-16(7-9-20)17-10-12-23(13-11-17)14-18-15-24(22-21-18)19-4-2-1-3-5-19/h1-9,15,17,25H,10-14H2. The molecule has 128 valence electrons. The fourth-order valence-corrected chi connectivity index (χ4v) is 3.48. The molecule has 5 heteroatoms. The van der Waals surface area contributed by atoms with E-state index in [1.165, 1.54) is 5.56 Å². The molecule has 5 nitrogen and oxygen atoms in total. The summed E-state index contributed by atoms with van der Waals surface area (Å²) in [4.78, 5) is 2.44. The summed E-state index contributed by atoms with van der Waals surface area (Å²) in [7, 11) is 0. The smallest absolute Gasteiger partial charge is 0.115 e. The highest BCUT2D eigenvalue weighted by atomic mass is 16.3. The van der Waals surface area contributed by atoms with Crippen molar-refractivity contribution in [3.8, 4) is 11.4 Å². The predicted molar refractivity (Wildman–Crippen MR) is 96.7 cm³/mol. The number of hydrogen-bond donors (Lipinski definition) is 1. The van der Waals surface area contributed by atoms with Crippen molar-refractivity contribution < 1.29 is 5.11 Å². The molecule has 0 aliphatic carbocycles. The number of para-hydroxylation sites is 1. The molecule has 1 N–H and O–H groups in total. The Bertz CT molecular complexity index is 805. The van der Waals surface area contributed by atoms with Gasteiger partial charge in [-0.25, -0.2) is 4.68 Å². The van der Waals surface area contributed by atoms with Crippen LogP contribution in [0.5, 0.6) is 5.75 Å². The highest BCUT2D eigenvalue weighted by Crippen LogP contribution is 2.29. The molecule has 2 aromatic carbocycles. The molecule has 1 fully saturated rings. The third kappa shape index (κ3) is 3.72. The van der Waals surface area contributed by atoms with Crippen LogP contribution in [0, 0.1) is 0 Å². The molecular weight excluding hydrogens is 312 g/mol. The van der Waals surface area contributed by atoms with Crippen LogP contribution in [0.2, 0.25) is 0 Å². The van der Waals surface area contributed by atoms with E-state index < -0.39 is 0 Å². The Morgan fingerprint density at radius 1 is 0.960 bits per heavy atom. The number of likely N-dealkylation sites (tertiary alicyclic amines) is 1. The first-order chi connectivity index (χ1) is 12.3. The van der Waals surface area contributed by atoms with E-state index in [0.29, 0.717) is 11.7 Å². The number of aromatic hydroxyl groups is 1. The van der Waals surface area contributed by atoms with Gasteiger partial charge in [0.2, 0.25) is 0 Å². The molecule has 1 aromatic heterocycles. The molecular formula is C20H22N4O. The minimum absolute atomic E-state index is 0.336. The lowest BCUT2D eigenvalue weighted by Gasteiger charge is -2.31. The Kier molecular flexibility index (Phi) is 4.48. The molecule has 25 heavy (non-hydrogen) atoms. The summed E-state index contributed by atoms with van der Waals surface area (Å²) in [6, 6.07) is 17.7. The Morgan fingerprint density at radius 3 is 2.40 bits per heavy atom. The molecule has 0 unspecified atom stereocenters. The second-order valence-corrected chi connectivity index (χ2v) is 6.63. The molecule has 0 amide bonds. The van der Waals surface area contributed by atoms with Crippen molar-refractivity contribution >= 4 is 0 Å². The number of phenols is 1. The van der Waals surface area contributed by atoms with E-state index in [-0.39, 0.29) is 0 Å². The van der Waals surface area contributed by atoms with Gasteiger partial charge in [-0.3, -0.25) is 4.90 Å². The van der Waals surface area contributed by atoms with E-state index in [0.717, 1.165) is 43.9 Å². The first-order valence-electron chi connectivity index (χ1n) is 8.76. The van der Waals surface area contributed by atoms with Gasteiger partial charge in [0.15, 0.2) is 0 Å². The molecule has 1 aliphatic rings. The lowest BCUT2D eigenvalue weighted by atomic mass is 9.89. The van der Waals surface area contributed by atoms with Crippen LogP contribution >= 0.6 is 0 Å². The topological polar surface area (TPSA) is 54.2 Å². The lowest BCUT2D eigenvalue weighted by Crippen LogP contribution is -2.32. The summed E-state index contributed by atoms with van der Waals surface area (Å²) in [6.07, 6.45) is 4.29. The van der Waals surface area contributed by atoms with Crippen molar-refractivity contribution in [3.05, 3.63) is 72.1 Å². The Labute approximate surface area is 147 Å². The third-order valence-corrected chi connectivity index (χ3v) is 4.90. The first kappa shape index (κ1) is 15.8. The number of benzene rings is 2. The van der Waals surface area contributed by atoms with Gasteiger partial charge >= 0.3 is 0 Å². The van der Waals surface area contributed by atoms with E-state index >= 15 is 0 Å². The molecule has 0 atom stereocenters. The van der Waals surface area contributed by atoms with Gasteiger partial charge in [-0.2, -0.15) is 0 Å². The Morgan fingerprint density at radius 2 is 1.68 bits per heavy atom. The van der Waals surface area contributed by atoms with Crippen LogP contribution < -0.4 is 0 Å². The molecule has 3 aromatic rings. The van der Waals surface area contributed by atoms with Gasteiger partial charge in [-0.1, -0.05) is 35.5 Å². The fraction of sp³-hybridized carbons (Fsp3) is 0.300. The number of piperidine rings is 1. The second kappa shape index (κ2) is 7.07. The summed E-state index contributed by atoms with van der Waals surface area (Å²) < 4.78 is 1.83. The van der Waals surface area contributed by atoms with Crippen LogP contribution in [0.25, 0.3) is 5.69 Å². The van der Waals surface area contributed by atoms with Crippen LogP contribution in [-0.2, 0) is 6.54 Å². The van der Waals surface area contributed by atoms with Crippen LogP contribution in [0.15, 0.2) is 60.8 Å². The number of phenolic OH excluding ortho intramolecular Hbond substituents is 1. The van der Waals surface area contributed by atoms with Gasteiger partial charge < -0.3 is 5.11 Å². The Balaban J connectivity index is 1.34. The summed E-state index contributed by atoms with van der Waals surface area (Å²) in [5.41, 5.74) is 3.37. The number of nitrogens with zero attached hydrogens (tertiary/aromatic N) is 4. The third-order valence-electron chi connectivity index (χ3n) is 4.90. The SMILES string of the molecule is Oc1ccc(C2CCN(Cc3cn(-c4ccccc4)nn3)CC2)cc1. The molecule has 0 bridgehead atoms. The number of hydrogen-bond acceptors (Lipinski definition) is 4. The quantitative estimate of drug-likeness (QED) is 0.795. The van der Waals surface area contributed by atoms with Gasteiger partial charge in [0.25, 0.3) is 0 Å². The Hall–Kier alpha value is -2.66. The number of rotatable bonds is 4. The lowest BCUT2D eigenvalue weighted by molar-refractivity contribution is 0.202. The van der Waals surface area contributed by atoms with E-state index in [9.17, 15) is 5.11 Å². The zero-order chi connectivity index (χ0) is 17.1. The second-order valence-electron chi connectivity index (χ2n) is 6.63. The van der Waals surface area contributed by atoms with Crippen molar-refractivity contribution in [2.24, 2.45) is 0 Å². The molecule has 4 rings (SSSR count). The number of aromatic nitrogens is 3. The molecule has 0 spiro atoms. The van der Waals surface area contributed by atoms with Crippen molar-refractivity contribution in [2.75, 3.05) is 13.1 Å². The predicted octanol–water partition coefficient (Wildman–Crippen LogP) is 3.35. The van der Waals surface area contributed by atoms with Crippen molar-refractivity contribution in [1.82, 2.24) is 19.9 Å². The van der Waals surface area contributed by atoms with Crippen molar-refractivity contribution in [3.63, 3.8) is 0 Å². The maximum absolute atomic E-state index is 9.42. The van der Waals surface area contributed by atoms with Gasteiger partial charge in [-0.05, 0) is 61.7 Å². The molecule has 0 saturated carbocycles. The maximum atomic E-state index is 9.42. The van der Waals surface area contributed by atoms with Gasteiger partial charge in [0.05, 0.1) is 17.6 Å². The summed E-state index contributed by atoms with van der Waals surface area (Å²) in [5, 5.41) is 18.0. The van der Waals surface area contributed by atoms with Crippen LogP contribution in [0.1, 0.15) is 30.0 Å². The van der Waals surface area contributed by atoms with Crippen LogP contribution in [0.4, 0.5) is 0 Å². The largest absolute Gasteiger partial charge is 0.508 e. The summed E-state index contributed by atoms with van der Waals surface area (Å²) in [5.74, 6) is 0.916. The zero-order valence-electron chi connectivity index (χ0n) is 14.1. The summed E-state index contributed by atoms with van der Waals surface area (Å²) >= 11 is 0. The van der Waals surface area contributed by atoms with E-state index in [4.69, 9.17) is 0 Å². The van der Waals surface area contributed by atoms with Crippen molar-refractivity contribution in [2.45, 2.75) is 25.3 Å². The highest BCUT2D eigenvalue weighted by Gasteiger charge is 2.21. The maximum Gasteiger partial charge on any atom is 0.115 e. The highest BCUT2D eigenvalue weighted by molar-refractivity contribution is 5.30. The summed E-state index contributed by atoms with van der Waals surface area (Å²) in [6.45, 7) is 2.96. The average Bonchev–Trinajstić information content (AvgIpc) is 3.12. The van der Waals surface area contributed by atoms with E-state index in [2.05, 4.69) is 15.2 Å². The van der Waals surface area contributed by atoms with E-state index in [1.54, 1.807) is 12.1 Å². The normalized spacial score (nSPS) is 16.2. The van der Waals surface area contributed by atoms with E-state index in [1.807, 2.05) is 53.3 Å². The van der Waals surface area contributed by atoms with Gasteiger partial charge in [0, 0.05) is 6.54 Å². The van der Waals surface area contributed by atoms with Crippen LogP contribution in [-0.4, -0.2) is 38.1 Å². The first-order valence-corrected chi connectivity index (χ1v) is 8.76. The fourth-order valence-electron chi connectivity index (χ4n) is 3.48.